The van der Waals surface area contributed by atoms with E-state index in [4.69, 9.17) is 24.4 Å². The van der Waals surface area contributed by atoms with Gasteiger partial charge < -0.3 is 18.9 Å². The number of fused-ring (bicyclic) bond motifs is 8. The van der Waals surface area contributed by atoms with Gasteiger partial charge in [0.2, 0.25) is 0 Å². The normalized spacial score (nSPS) is 14.8. The first kappa shape index (κ1) is 68.1. The number of aryl methyl sites for hydroxylation is 6. The Kier molecular flexibility index (Phi) is 18.7. The fraction of sp³-hybridized carbons (Fsp3) is 0.255. The molecule has 12 aromatic carbocycles. The topological polar surface area (TPSA) is 36.9 Å². The average Bonchev–Trinajstić information content (AvgIpc) is 0.754. The van der Waals surface area contributed by atoms with Crippen LogP contribution >= 0.6 is 0 Å². The van der Waals surface area contributed by atoms with Gasteiger partial charge in [0.1, 0.15) is 46.0 Å². The van der Waals surface area contributed by atoms with E-state index >= 15 is 0 Å². The number of ether oxygens (including phenoxy) is 4. The predicted octanol–water partition coefficient (Wildman–Crippen LogP) is 28.0. The summed E-state index contributed by atoms with van der Waals surface area (Å²) in [6.45, 7) is 38.5. The summed E-state index contributed by atoms with van der Waals surface area (Å²) in [5.41, 5.74) is 29.0. The number of para-hydroxylation sites is 4. The van der Waals surface area contributed by atoms with Crippen molar-refractivity contribution in [2.45, 2.75) is 172 Å². The van der Waals surface area contributed by atoms with Crippen molar-refractivity contribution in [3.05, 3.63) is 331 Å². The van der Waals surface area contributed by atoms with E-state index in [1.807, 2.05) is 64.1 Å². The molecule has 16 rings (SSSR count). The smallest absolute Gasteiger partial charge is 0.139 e. The molecule has 0 unspecified atom stereocenters. The molecule has 0 amide bonds. The second-order valence-electron chi connectivity index (χ2n) is 31.5. The minimum atomic E-state index is -0.630. The lowest BCUT2D eigenvalue weighted by Gasteiger charge is -2.35. The highest BCUT2D eigenvalue weighted by atomic mass is 16.5. The van der Waals surface area contributed by atoms with Gasteiger partial charge in [-0.2, -0.15) is 0 Å². The molecule has 0 bridgehead atoms. The summed E-state index contributed by atoms with van der Waals surface area (Å²) in [6.07, 6.45) is 0. The van der Waals surface area contributed by atoms with Crippen LogP contribution in [0.25, 0.3) is 44.5 Å². The van der Waals surface area contributed by atoms with Gasteiger partial charge in [0.05, 0.1) is 0 Å². The molecule has 0 atom stereocenters. The largest absolute Gasteiger partial charge is 0.456 e. The van der Waals surface area contributed by atoms with Gasteiger partial charge in [0.15, 0.2) is 0 Å². The van der Waals surface area contributed by atoms with Crippen molar-refractivity contribution in [1.29, 1.82) is 0 Å². The fourth-order valence-corrected chi connectivity index (χ4v) is 15.5. The Labute approximate surface area is 637 Å². The Morgan fingerprint density at radius 3 is 0.811 bits per heavy atom. The summed E-state index contributed by atoms with van der Waals surface area (Å²) in [7, 11) is 0. The van der Waals surface area contributed by atoms with Gasteiger partial charge in [0.25, 0.3) is 0 Å². The van der Waals surface area contributed by atoms with E-state index in [1.54, 1.807) is 0 Å². The highest BCUT2D eigenvalue weighted by molar-refractivity contribution is 5.81. The minimum Gasteiger partial charge on any atom is -0.456 e. The molecule has 4 aliphatic heterocycles. The zero-order valence-electron chi connectivity index (χ0n) is 69.0. The van der Waals surface area contributed by atoms with E-state index in [-0.39, 0.29) is 35.5 Å². The lowest BCUT2D eigenvalue weighted by atomic mass is 9.74. The van der Waals surface area contributed by atoms with Crippen LogP contribution in [0.15, 0.2) is 231 Å². The Morgan fingerprint density at radius 2 is 0.557 bits per heavy atom. The van der Waals surface area contributed by atoms with Crippen LogP contribution in [0.5, 0.6) is 46.0 Å². The first-order valence-corrected chi connectivity index (χ1v) is 36.9. The summed E-state index contributed by atoms with van der Waals surface area (Å²) < 4.78 is 57.0. The molecular weight excluding hydrogens is 1290 g/mol. The van der Waals surface area contributed by atoms with Gasteiger partial charge in [-0.25, -0.2) is 0 Å². The third kappa shape index (κ3) is 14.0. The maximum absolute atomic E-state index is 8.37. The number of hydrogen-bond donors (Lipinski definition) is 0. The molecule has 0 aliphatic carbocycles. The van der Waals surface area contributed by atoms with E-state index in [1.165, 1.54) is 66.8 Å². The highest BCUT2D eigenvalue weighted by Crippen LogP contribution is 2.56. The first-order valence-electron chi connectivity index (χ1n) is 39.3. The van der Waals surface area contributed by atoms with E-state index in [0.29, 0.717) is 0 Å². The monoisotopic (exact) mass is 1390 g/mol. The molecule has 4 nitrogen and oxygen atoms in total. The van der Waals surface area contributed by atoms with Crippen molar-refractivity contribution in [2.24, 2.45) is 0 Å². The Hall–Kier alpha value is -11.0. The molecule has 12 aromatic rings. The van der Waals surface area contributed by atoms with Crippen molar-refractivity contribution >= 4 is 0 Å². The molecule has 0 N–H and O–H groups in total. The molecule has 4 aliphatic rings. The maximum Gasteiger partial charge on any atom is 0.139 e. The van der Waals surface area contributed by atoms with Crippen molar-refractivity contribution in [3.63, 3.8) is 0 Å². The van der Waals surface area contributed by atoms with E-state index in [2.05, 4.69) is 315 Å². The number of benzene rings is 12. The lowest BCUT2D eigenvalue weighted by molar-refractivity contribution is 0.419. The predicted molar refractivity (Wildman–Crippen MR) is 444 cm³/mol. The fourth-order valence-electron chi connectivity index (χ4n) is 15.5. The molecule has 532 valence electrons. The maximum atomic E-state index is 8.37. The number of hydrogen-bond acceptors (Lipinski definition) is 4. The summed E-state index contributed by atoms with van der Waals surface area (Å²) in [6, 6.07) is 80.6. The van der Waals surface area contributed by atoms with Gasteiger partial charge in [-0.3, -0.25) is 0 Å². The van der Waals surface area contributed by atoms with E-state index < -0.39 is 11.8 Å². The zero-order chi connectivity index (χ0) is 78.6. The Balaban J connectivity index is 0.000000129. The van der Waals surface area contributed by atoms with Crippen LogP contribution in [-0.2, 0) is 21.7 Å². The summed E-state index contributed by atoms with van der Waals surface area (Å²) in [4.78, 5) is 0. The van der Waals surface area contributed by atoms with Gasteiger partial charge in [-0.1, -0.05) is 289 Å². The van der Waals surface area contributed by atoms with Gasteiger partial charge in [-0.15, -0.1) is 11.8 Å². The molecule has 4 heteroatoms. The van der Waals surface area contributed by atoms with Gasteiger partial charge in [0, 0.05) is 105 Å². The third-order valence-electron chi connectivity index (χ3n) is 21.9. The average molecular weight is 1390 g/mol. The highest BCUT2D eigenvalue weighted by Gasteiger charge is 2.40. The van der Waals surface area contributed by atoms with Crippen molar-refractivity contribution in [1.82, 2.24) is 0 Å². The van der Waals surface area contributed by atoms with Crippen LogP contribution in [0.1, 0.15) is 214 Å². The molecule has 0 fully saturated rings. The first-order chi connectivity index (χ1) is 52.2. The molecule has 0 saturated heterocycles. The third-order valence-corrected chi connectivity index (χ3v) is 21.9. The van der Waals surface area contributed by atoms with Crippen molar-refractivity contribution in [2.75, 3.05) is 0 Å². The zero-order valence-corrected chi connectivity index (χ0v) is 65.0. The van der Waals surface area contributed by atoms with Crippen LogP contribution < -0.4 is 18.9 Å². The molecule has 106 heavy (non-hydrogen) atoms. The number of rotatable bonds is 6. The van der Waals surface area contributed by atoms with Crippen LogP contribution in [0, 0.1) is 65.2 Å². The van der Waals surface area contributed by atoms with Crippen LogP contribution in [0.2, 0.25) is 0 Å². The van der Waals surface area contributed by atoms with E-state index in [0.717, 1.165) is 124 Å². The summed E-state index contributed by atoms with van der Waals surface area (Å²) >= 11 is 0. The summed E-state index contributed by atoms with van der Waals surface area (Å²) in [5.74, 6) is 18.1. The van der Waals surface area contributed by atoms with E-state index in [9.17, 15) is 0 Å². The summed E-state index contributed by atoms with van der Waals surface area (Å²) in [5, 5.41) is 0. The van der Waals surface area contributed by atoms with Gasteiger partial charge >= 0.3 is 0 Å². The minimum absolute atomic E-state index is 0.120. The Morgan fingerprint density at radius 1 is 0.292 bits per heavy atom. The Bertz CT molecular complexity index is 5360. The van der Waals surface area contributed by atoms with Crippen molar-refractivity contribution < 1.29 is 24.4 Å². The van der Waals surface area contributed by atoms with Crippen LogP contribution in [0.4, 0.5) is 0 Å². The molecule has 0 spiro atoms. The molecule has 0 aromatic heterocycles. The van der Waals surface area contributed by atoms with Gasteiger partial charge in [-0.05, 0) is 170 Å². The second-order valence-corrected chi connectivity index (χ2v) is 31.5. The molecular formula is C102H100O4. The van der Waals surface area contributed by atoms with Crippen LogP contribution in [-0.4, -0.2) is 0 Å². The molecule has 4 heterocycles. The molecule has 0 saturated carbocycles. The standard InChI is InChI=1S/2C26H24O.2C25H26O/c2*1-6-8-19-12-13-20(16-18(19)3)21-9-7-10-23-25(21)27-24-15-17(2)11-14-22(24)26(23,4)5;2*1-16(2)18-8-6-9-19(15-18)20-10-7-11-22-24(20)26-23-14-17(3)12-13-21(23)25(22,4)5/h2*7,9-16H,1-5H3;2*6-16H,1-5H3/i2*1D;2*16D. The lowest BCUT2D eigenvalue weighted by Crippen LogP contribution is -2.24. The quantitative estimate of drug-likeness (QED) is 0.156. The van der Waals surface area contributed by atoms with Crippen LogP contribution in [0.3, 0.4) is 0 Å². The second kappa shape index (κ2) is 29.1. The SMILES string of the molecule is [2H]C(C)(C)c1cccc(-c2cccc3c2Oc2cc(C)ccc2C3(C)C)c1.[2H]C(C)(C)c1cccc(-c2cccc3c2Oc2cc(C)ccc2C3(C)C)c1.[2H]CC#Cc1ccc(-c2cccc3c2Oc2cc(C)ccc2C3(C)C)cc1C.[2H]CC#Cc1ccc(-c2cccc3c2Oc2cc(C)ccc2C3(C)C)cc1C. The molecule has 0 radical (unpaired) electrons. The van der Waals surface area contributed by atoms with Crippen molar-refractivity contribution in [3.8, 4) is 114 Å².